The molecule has 0 N–H and O–H groups in total. The molecule has 0 aromatic heterocycles. The number of carbonyl (C=O) groups is 1. The minimum Gasteiger partial charge on any atom is -0.462 e. The third-order valence-electron chi connectivity index (χ3n) is 1.99. The fourth-order valence-electron chi connectivity index (χ4n) is 0.988. The lowest BCUT2D eigenvalue weighted by atomic mass is 10.1. The minimum absolute atomic E-state index is 0.0114. The third-order valence-corrected chi connectivity index (χ3v) is 1.99. The van der Waals surface area contributed by atoms with Gasteiger partial charge >= 0.3 is 5.97 Å². The van der Waals surface area contributed by atoms with Crippen LogP contribution in [0.1, 0.15) is 33.1 Å². The number of hydrogen-bond acceptors (Lipinski definition) is 3. The standard InChI is InChI=1S/C11H15F2NO2/c1-3-11(12,13)7-5-6-9(8-14)10(15)16-4-2/h6H,3-5,7H2,1-2H3. The first kappa shape index (κ1) is 14.6. The second kappa shape index (κ2) is 6.94. The van der Waals surface area contributed by atoms with Crippen LogP contribution in [-0.2, 0) is 9.53 Å². The van der Waals surface area contributed by atoms with E-state index in [0.29, 0.717) is 0 Å². The van der Waals surface area contributed by atoms with Crippen molar-refractivity contribution in [1.29, 1.82) is 5.26 Å². The van der Waals surface area contributed by atoms with Crippen molar-refractivity contribution in [2.75, 3.05) is 6.61 Å². The number of carbonyl (C=O) groups excluding carboxylic acids is 1. The molecule has 0 saturated carbocycles. The summed E-state index contributed by atoms with van der Waals surface area (Å²) in [5.74, 6) is -3.50. The molecular formula is C11H15F2NO2. The summed E-state index contributed by atoms with van der Waals surface area (Å²) in [5.41, 5.74) is -0.214. The van der Waals surface area contributed by atoms with Crippen LogP contribution in [0, 0.1) is 11.3 Å². The molecule has 0 radical (unpaired) electrons. The van der Waals surface area contributed by atoms with Gasteiger partial charge in [0.1, 0.15) is 11.6 Å². The molecule has 0 aliphatic heterocycles. The molecule has 0 atom stereocenters. The lowest BCUT2D eigenvalue weighted by molar-refractivity contribution is -0.138. The van der Waals surface area contributed by atoms with Crippen LogP contribution in [-0.4, -0.2) is 18.5 Å². The summed E-state index contributed by atoms with van der Waals surface area (Å²) >= 11 is 0. The molecule has 0 saturated heterocycles. The molecule has 0 rings (SSSR count). The zero-order valence-corrected chi connectivity index (χ0v) is 9.43. The van der Waals surface area contributed by atoms with Crippen LogP contribution in [0.2, 0.25) is 0 Å². The number of nitrogens with zero attached hydrogens (tertiary/aromatic N) is 1. The number of halogens is 2. The SMILES string of the molecule is CCOC(=O)C(C#N)=CCCC(F)(F)CC. The van der Waals surface area contributed by atoms with Crippen LogP contribution in [0.15, 0.2) is 11.6 Å². The molecule has 90 valence electrons. The van der Waals surface area contributed by atoms with E-state index in [0.717, 1.165) is 0 Å². The molecule has 0 unspecified atom stereocenters. The van der Waals surface area contributed by atoms with Crippen LogP contribution in [0.5, 0.6) is 0 Å². The predicted molar refractivity (Wildman–Crippen MR) is 54.8 cm³/mol. The molecule has 0 aromatic rings. The van der Waals surface area contributed by atoms with Crippen molar-refractivity contribution in [3.05, 3.63) is 11.6 Å². The maximum Gasteiger partial charge on any atom is 0.348 e. The van der Waals surface area contributed by atoms with Crippen molar-refractivity contribution in [1.82, 2.24) is 0 Å². The Morgan fingerprint density at radius 2 is 2.12 bits per heavy atom. The summed E-state index contributed by atoms with van der Waals surface area (Å²) in [7, 11) is 0. The lowest BCUT2D eigenvalue weighted by Crippen LogP contribution is -2.13. The van der Waals surface area contributed by atoms with E-state index < -0.39 is 11.9 Å². The normalized spacial score (nSPS) is 12.1. The Morgan fingerprint density at radius 3 is 2.56 bits per heavy atom. The van der Waals surface area contributed by atoms with E-state index in [1.165, 1.54) is 13.0 Å². The van der Waals surface area contributed by atoms with E-state index in [-0.39, 0.29) is 31.4 Å². The minimum atomic E-state index is -2.74. The maximum atomic E-state index is 12.8. The molecule has 0 spiro atoms. The summed E-state index contributed by atoms with van der Waals surface area (Å²) < 4.78 is 30.2. The molecular weight excluding hydrogens is 216 g/mol. The molecule has 0 bridgehead atoms. The van der Waals surface area contributed by atoms with E-state index in [1.807, 2.05) is 0 Å². The average Bonchev–Trinajstić information content (AvgIpc) is 2.24. The first-order valence-corrected chi connectivity index (χ1v) is 5.12. The Hall–Kier alpha value is -1.44. The maximum absolute atomic E-state index is 12.8. The Balaban J connectivity index is 4.30. The molecule has 0 aliphatic rings. The molecule has 0 amide bonds. The van der Waals surface area contributed by atoms with E-state index in [2.05, 4.69) is 4.74 Å². The van der Waals surface area contributed by atoms with Gasteiger partial charge in [-0.1, -0.05) is 13.0 Å². The number of alkyl halides is 2. The Morgan fingerprint density at radius 1 is 1.50 bits per heavy atom. The number of esters is 1. The van der Waals surface area contributed by atoms with Gasteiger partial charge in [-0.2, -0.15) is 5.26 Å². The monoisotopic (exact) mass is 231 g/mol. The summed E-state index contributed by atoms with van der Waals surface area (Å²) in [5, 5.41) is 8.60. The van der Waals surface area contributed by atoms with Gasteiger partial charge in [-0.3, -0.25) is 0 Å². The van der Waals surface area contributed by atoms with Gasteiger partial charge in [-0.05, 0) is 13.3 Å². The number of nitriles is 1. The van der Waals surface area contributed by atoms with E-state index >= 15 is 0 Å². The number of allylic oxidation sites excluding steroid dienone is 1. The van der Waals surface area contributed by atoms with Crippen LogP contribution in [0.3, 0.4) is 0 Å². The second-order valence-corrected chi connectivity index (χ2v) is 3.20. The van der Waals surface area contributed by atoms with Gasteiger partial charge in [0.25, 0.3) is 0 Å². The molecule has 3 nitrogen and oxygen atoms in total. The zero-order valence-electron chi connectivity index (χ0n) is 9.43. The first-order chi connectivity index (χ1) is 7.46. The van der Waals surface area contributed by atoms with Gasteiger partial charge in [-0.15, -0.1) is 0 Å². The number of rotatable bonds is 6. The Kier molecular flexibility index (Phi) is 6.31. The highest BCUT2D eigenvalue weighted by atomic mass is 19.3. The van der Waals surface area contributed by atoms with Crippen LogP contribution in [0.25, 0.3) is 0 Å². The number of hydrogen-bond donors (Lipinski definition) is 0. The van der Waals surface area contributed by atoms with Gasteiger partial charge in [-0.25, -0.2) is 13.6 Å². The molecule has 0 heterocycles. The molecule has 0 fully saturated rings. The smallest absolute Gasteiger partial charge is 0.348 e. The summed E-state index contributed by atoms with van der Waals surface area (Å²) in [6.07, 6.45) is 0.570. The second-order valence-electron chi connectivity index (χ2n) is 3.20. The fourth-order valence-corrected chi connectivity index (χ4v) is 0.988. The molecule has 16 heavy (non-hydrogen) atoms. The van der Waals surface area contributed by atoms with Crippen molar-refractivity contribution in [2.45, 2.75) is 39.0 Å². The van der Waals surface area contributed by atoms with Gasteiger partial charge in [0, 0.05) is 12.8 Å². The van der Waals surface area contributed by atoms with E-state index in [4.69, 9.17) is 5.26 Å². The van der Waals surface area contributed by atoms with E-state index in [1.54, 1.807) is 13.0 Å². The molecule has 0 aliphatic carbocycles. The highest BCUT2D eigenvalue weighted by Crippen LogP contribution is 2.24. The van der Waals surface area contributed by atoms with Gasteiger partial charge in [0.05, 0.1) is 6.61 Å². The van der Waals surface area contributed by atoms with Crippen LogP contribution >= 0.6 is 0 Å². The van der Waals surface area contributed by atoms with Gasteiger partial charge in [0.2, 0.25) is 5.92 Å². The lowest BCUT2D eigenvalue weighted by Gasteiger charge is -2.11. The van der Waals surface area contributed by atoms with E-state index in [9.17, 15) is 13.6 Å². The third kappa shape index (κ3) is 5.44. The summed E-state index contributed by atoms with van der Waals surface area (Å²) in [6.45, 7) is 3.15. The summed E-state index contributed by atoms with van der Waals surface area (Å²) in [4.78, 5) is 11.1. The number of ether oxygens (including phenoxy) is 1. The Labute approximate surface area is 93.7 Å². The average molecular weight is 231 g/mol. The summed E-state index contributed by atoms with van der Waals surface area (Å²) in [6, 6.07) is 1.63. The largest absolute Gasteiger partial charge is 0.462 e. The van der Waals surface area contributed by atoms with Crippen LogP contribution in [0.4, 0.5) is 8.78 Å². The quantitative estimate of drug-likeness (QED) is 0.401. The highest BCUT2D eigenvalue weighted by molar-refractivity contribution is 5.92. The van der Waals surface area contributed by atoms with Gasteiger partial charge in [0.15, 0.2) is 0 Å². The fraction of sp³-hybridized carbons (Fsp3) is 0.636. The van der Waals surface area contributed by atoms with Crippen molar-refractivity contribution in [2.24, 2.45) is 0 Å². The van der Waals surface area contributed by atoms with Crippen molar-refractivity contribution >= 4 is 5.97 Å². The molecule has 0 aromatic carbocycles. The first-order valence-electron chi connectivity index (χ1n) is 5.12. The van der Waals surface area contributed by atoms with Crippen molar-refractivity contribution in [3.8, 4) is 6.07 Å². The molecule has 5 heteroatoms. The topological polar surface area (TPSA) is 50.1 Å². The van der Waals surface area contributed by atoms with Gasteiger partial charge < -0.3 is 4.74 Å². The zero-order chi connectivity index (χ0) is 12.6. The highest BCUT2D eigenvalue weighted by Gasteiger charge is 2.24. The Bertz CT molecular complexity index is 306. The predicted octanol–water partition coefficient (Wildman–Crippen LogP) is 2.82. The van der Waals surface area contributed by atoms with Crippen molar-refractivity contribution in [3.63, 3.8) is 0 Å². The van der Waals surface area contributed by atoms with Crippen LogP contribution < -0.4 is 0 Å². The van der Waals surface area contributed by atoms with Crippen molar-refractivity contribution < 1.29 is 18.3 Å².